The molecule has 0 atom stereocenters. The highest BCUT2D eigenvalue weighted by Gasteiger charge is 2.17. The van der Waals surface area contributed by atoms with Crippen LogP contribution in [0.15, 0.2) is 23.8 Å². The van der Waals surface area contributed by atoms with Crippen molar-refractivity contribution >= 4 is 11.6 Å². The number of unbranched alkanes of at least 4 members (excludes halogenated alkanes) is 2. The Kier molecular flexibility index (Phi) is 5.88. The first-order valence-corrected chi connectivity index (χ1v) is 6.54. The number of Topliss-reactive ketones (excluding diaryl/α,β-unsaturated/α-hetero) is 2. The van der Waals surface area contributed by atoms with Crippen LogP contribution in [0.1, 0.15) is 52.4 Å². The molecule has 0 bridgehead atoms. The van der Waals surface area contributed by atoms with Gasteiger partial charge in [-0.25, -0.2) is 0 Å². The molecule has 0 radical (unpaired) electrons. The summed E-state index contributed by atoms with van der Waals surface area (Å²) < 4.78 is 0. The van der Waals surface area contributed by atoms with Crippen molar-refractivity contribution in [1.82, 2.24) is 0 Å². The second-order valence-corrected chi connectivity index (χ2v) is 5.05. The predicted octanol–water partition coefficient (Wildman–Crippen LogP) is 3.62. The van der Waals surface area contributed by atoms with Crippen molar-refractivity contribution in [3.63, 3.8) is 0 Å². The molecule has 0 saturated carbocycles. The summed E-state index contributed by atoms with van der Waals surface area (Å²) in [5, 5.41) is 0. The van der Waals surface area contributed by atoms with Gasteiger partial charge in [0.15, 0.2) is 11.6 Å². The van der Waals surface area contributed by atoms with E-state index in [1.54, 1.807) is 18.2 Å². The fraction of sp³-hybridized carbons (Fsp3) is 0.600. The van der Waals surface area contributed by atoms with Gasteiger partial charge in [-0.05, 0) is 18.4 Å². The Morgan fingerprint density at radius 3 is 2.71 bits per heavy atom. The molecule has 0 aromatic carbocycles. The van der Waals surface area contributed by atoms with Crippen molar-refractivity contribution < 1.29 is 9.59 Å². The highest BCUT2D eigenvalue weighted by atomic mass is 16.1. The summed E-state index contributed by atoms with van der Waals surface area (Å²) in [6.45, 7) is 4.42. The van der Waals surface area contributed by atoms with Gasteiger partial charge < -0.3 is 0 Å². The van der Waals surface area contributed by atoms with Gasteiger partial charge in [-0.15, -0.1) is 0 Å². The monoisotopic (exact) mass is 234 g/mol. The third-order valence-electron chi connectivity index (χ3n) is 2.99. The maximum atomic E-state index is 11.8. The Labute approximate surface area is 104 Å². The maximum Gasteiger partial charge on any atom is 0.170 e. The number of carbonyl (C=O) groups excluding carboxylic acids is 2. The average Bonchev–Trinajstić information content (AvgIpc) is 2.28. The van der Waals surface area contributed by atoms with Gasteiger partial charge in [0.1, 0.15) is 0 Å². The van der Waals surface area contributed by atoms with Crippen LogP contribution in [0.3, 0.4) is 0 Å². The van der Waals surface area contributed by atoms with E-state index in [4.69, 9.17) is 0 Å². The van der Waals surface area contributed by atoms with Crippen LogP contribution in [0.2, 0.25) is 0 Å². The van der Waals surface area contributed by atoms with Crippen molar-refractivity contribution in [1.29, 1.82) is 0 Å². The van der Waals surface area contributed by atoms with E-state index in [-0.39, 0.29) is 11.6 Å². The van der Waals surface area contributed by atoms with Crippen molar-refractivity contribution in [2.24, 2.45) is 5.92 Å². The van der Waals surface area contributed by atoms with Gasteiger partial charge in [0.2, 0.25) is 0 Å². The smallest absolute Gasteiger partial charge is 0.170 e. The van der Waals surface area contributed by atoms with Crippen LogP contribution in [0.5, 0.6) is 0 Å². The van der Waals surface area contributed by atoms with Gasteiger partial charge in [-0.1, -0.05) is 45.3 Å². The molecule has 0 N–H and O–H groups in total. The first kappa shape index (κ1) is 13.9. The number of carbonyl (C=O) groups is 2. The molecule has 2 nitrogen and oxygen atoms in total. The normalized spacial score (nSPS) is 15.2. The quantitative estimate of drug-likeness (QED) is 0.498. The number of allylic oxidation sites excluding steroid dienone is 4. The first-order valence-electron chi connectivity index (χ1n) is 6.54. The van der Waals surface area contributed by atoms with Gasteiger partial charge in [0.25, 0.3) is 0 Å². The molecular formula is C15H22O2. The summed E-state index contributed by atoms with van der Waals surface area (Å²) in [7, 11) is 0. The summed E-state index contributed by atoms with van der Waals surface area (Å²) >= 11 is 0. The van der Waals surface area contributed by atoms with E-state index in [1.165, 1.54) is 12.8 Å². The van der Waals surface area contributed by atoms with E-state index in [0.717, 1.165) is 18.8 Å². The number of ketones is 2. The summed E-state index contributed by atoms with van der Waals surface area (Å²) in [6.07, 6.45) is 10.5. The average molecular weight is 234 g/mol. The molecule has 2 heteroatoms. The molecule has 0 aromatic heterocycles. The topological polar surface area (TPSA) is 34.1 Å². The molecule has 1 aliphatic rings. The Morgan fingerprint density at radius 2 is 2.06 bits per heavy atom. The molecular weight excluding hydrogens is 212 g/mol. The molecule has 0 amide bonds. The SMILES string of the molecule is CC(C)CCCCCC(=O)C1=CC=CCC1=O. The standard InChI is InChI=1S/C15H22O2/c1-12(2)8-4-3-5-10-14(16)13-9-6-7-11-15(13)17/h6-7,9,12H,3-5,8,10-11H2,1-2H3. The zero-order chi connectivity index (χ0) is 12.7. The highest BCUT2D eigenvalue weighted by molar-refractivity contribution is 6.21. The van der Waals surface area contributed by atoms with Crippen LogP contribution >= 0.6 is 0 Å². The van der Waals surface area contributed by atoms with Crippen LogP contribution in [0.25, 0.3) is 0 Å². The second-order valence-electron chi connectivity index (χ2n) is 5.05. The molecule has 0 fully saturated rings. The minimum atomic E-state index is -0.0281. The third-order valence-corrected chi connectivity index (χ3v) is 2.99. The largest absolute Gasteiger partial charge is 0.294 e. The maximum absolute atomic E-state index is 11.8. The summed E-state index contributed by atoms with van der Waals surface area (Å²) in [5.41, 5.74) is 0.399. The zero-order valence-electron chi connectivity index (χ0n) is 10.9. The van der Waals surface area contributed by atoms with Crippen LogP contribution in [-0.2, 0) is 9.59 Å². The Bertz CT molecular complexity index is 335. The summed E-state index contributed by atoms with van der Waals surface area (Å²) in [4.78, 5) is 23.3. The van der Waals surface area contributed by atoms with Crippen LogP contribution in [-0.4, -0.2) is 11.6 Å². The molecule has 17 heavy (non-hydrogen) atoms. The molecule has 1 rings (SSSR count). The minimum Gasteiger partial charge on any atom is -0.294 e. The molecule has 0 aromatic rings. The first-order chi connectivity index (χ1) is 8.11. The van der Waals surface area contributed by atoms with E-state index in [9.17, 15) is 9.59 Å². The minimum absolute atomic E-state index is 0.0175. The predicted molar refractivity (Wildman–Crippen MR) is 69.8 cm³/mol. The van der Waals surface area contributed by atoms with Gasteiger partial charge in [-0.2, -0.15) is 0 Å². The summed E-state index contributed by atoms with van der Waals surface area (Å²) in [6, 6.07) is 0. The third kappa shape index (κ3) is 5.12. The number of hydrogen-bond donors (Lipinski definition) is 0. The molecule has 0 heterocycles. The fourth-order valence-electron chi connectivity index (χ4n) is 1.94. The zero-order valence-corrected chi connectivity index (χ0v) is 10.9. The Balaban J connectivity index is 2.23. The lowest BCUT2D eigenvalue weighted by Gasteiger charge is -2.07. The molecule has 0 spiro atoms. The van der Waals surface area contributed by atoms with E-state index in [0.29, 0.717) is 18.4 Å². The van der Waals surface area contributed by atoms with Crippen molar-refractivity contribution in [2.75, 3.05) is 0 Å². The van der Waals surface area contributed by atoms with Crippen LogP contribution < -0.4 is 0 Å². The van der Waals surface area contributed by atoms with Crippen molar-refractivity contribution in [3.8, 4) is 0 Å². The van der Waals surface area contributed by atoms with Gasteiger partial charge in [-0.3, -0.25) is 9.59 Å². The number of hydrogen-bond acceptors (Lipinski definition) is 2. The van der Waals surface area contributed by atoms with Gasteiger partial charge >= 0.3 is 0 Å². The summed E-state index contributed by atoms with van der Waals surface area (Å²) in [5.74, 6) is 0.724. The lowest BCUT2D eigenvalue weighted by Crippen LogP contribution is -2.13. The lowest BCUT2D eigenvalue weighted by atomic mass is 9.96. The number of rotatable bonds is 7. The van der Waals surface area contributed by atoms with E-state index in [2.05, 4.69) is 13.8 Å². The van der Waals surface area contributed by atoms with Crippen LogP contribution in [0.4, 0.5) is 0 Å². The van der Waals surface area contributed by atoms with Gasteiger partial charge in [0, 0.05) is 12.8 Å². The molecule has 1 aliphatic carbocycles. The Morgan fingerprint density at radius 1 is 1.29 bits per heavy atom. The van der Waals surface area contributed by atoms with E-state index >= 15 is 0 Å². The highest BCUT2D eigenvalue weighted by Crippen LogP contribution is 2.14. The van der Waals surface area contributed by atoms with Gasteiger partial charge in [0.05, 0.1) is 5.57 Å². The fourth-order valence-corrected chi connectivity index (χ4v) is 1.94. The molecule has 94 valence electrons. The van der Waals surface area contributed by atoms with Crippen LogP contribution in [0, 0.1) is 5.92 Å². The van der Waals surface area contributed by atoms with Crippen molar-refractivity contribution in [3.05, 3.63) is 23.8 Å². The molecule has 0 unspecified atom stereocenters. The Hall–Kier alpha value is -1.18. The van der Waals surface area contributed by atoms with Crippen molar-refractivity contribution in [2.45, 2.75) is 52.4 Å². The second kappa shape index (κ2) is 7.21. The molecule has 0 saturated heterocycles. The molecule has 0 aliphatic heterocycles. The lowest BCUT2D eigenvalue weighted by molar-refractivity contribution is -0.121. The van der Waals surface area contributed by atoms with E-state index < -0.39 is 0 Å². The van der Waals surface area contributed by atoms with E-state index in [1.807, 2.05) is 0 Å².